The van der Waals surface area contributed by atoms with Gasteiger partial charge in [-0.15, -0.1) is 0 Å². The highest BCUT2D eigenvalue weighted by Crippen LogP contribution is 2.26. The van der Waals surface area contributed by atoms with Crippen LogP contribution in [0.5, 0.6) is 0 Å². The van der Waals surface area contributed by atoms with Crippen LogP contribution in [0.3, 0.4) is 0 Å². The summed E-state index contributed by atoms with van der Waals surface area (Å²) in [6.07, 6.45) is 2.96. The highest BCUT2D eigenvalue weighted by atomic mass is 19.1. The van der Waals surface area contributed by atoms with Crippen LogP contribution in [-0.2, 0) is 6.42 Å². The van der Waals surface area contributed by atoms with Gasteiger partial charge in [0.1, 0.15) is 11.6 Å². The highest BCUT2D eigenvalue weighted by molar-refractivity contribution is 5.58. The van der Waals surface area contributed by atoms with Crippen LogP contribution in [0.15, 0.2) is 30.3 Å². The Hall–Kier alpha value is -2.01. The van der Waals surface area contributed by atoms with E-state index in [9.17, 15) is 4.39 Å². The molecule has 3 rings (SSSR count). The number of aromatic nitrogens is 2. The van der Waals surface area contributed by atoms with Crippen LogP contribution in [0, 0.1) is 11.7 Å². The molecular formula is C18H23FN4. The number of aryl methyl sites for hydroxylation is 1. The minimum atomic E-state index is -0.284. The SMILES string of the molecule is CCc1cc(N2CCC(CN)CC2)nc(-c2ccccc2F)n1. The minimum Gasteiger partial charge on any atom is -0.356 e. The number of hydrogen-bond acceptors (Lipinski definition) is 4. The van der Waals surface area contributed by atoms with Crippen molar-refractivity contribution >= 4 is 5.82 Å². The minimum absolute atomic E-state index is 0.284. The molecule has 0 spiro atoms. The van der Waals surface area contributed by atoms with Gasteiger partial charge in [-0.1, -0.05) is 19.1 Å². The van der Waals surface area contributed by atoms with Crippen LogP contribution in [0.25, 0.3) is 11.4 Å². The third-order valence-electron chi connectivity index (χ3n) is 4.51. The average Bonchev–Trinajstić information content (AvgIpc) is 2.61. The third-order valence-corrected chi connectivity index (χ3v) is 4.51. The van der Waals surface area contributed by atoms with E-state index in [4.69, 9.17) is 5.73 Å². The van der Waals surface area contributed by atoms with Crippen molar-refractivity contribution in [2.24, 2.45) is 11.7 Å². The smallest absolute Gasteiger partial charge is 0.164 e. The van der Waals surface area contributed by atoms with Gasteiger partial charge in [0.2, 0.25) is 0 Å². The maximum absolute atomic E-state index is 14.1. The molecular weight excluding hydrogens is 291 g/mol. The predicted molar refractivity (Wildman–Crippen MR) is 90.8 cm³/mol. The molecule has 4 nitrogen and oxygen atoms in total. The van der Waals surface area contributed by atoms with E-state index < -0.39 is 0 Å². The molecule has 23 heavy (non-hydrogen) atoms. The van der Waals surface area contributed by atoms with Gasteiger partial charge < -0.3 is 10.6 Å². The number of benzene rings is 1. The van der Waals surface area contributed by atoms with Gasteiger partial charge in [-0.25, -0.2) is 14.4 Å². The molecule has 0 radical (unpaired) electrons. The zero-order chi connectivity index (χ0) is 16.2. The maximum Gasteiger partial charge on any atom is 0.164 e. The van der Waals surface area contributed by atoms with Gasteiger partial charge in [0, 0.05) is 24.8 Å². The maximum atomic E-state index is 14.1. The Bertz CT molecular complexity index is 666. The van der Waals surface area contributed by atoms with Crippen LogP contribution in [0.1, 0.15) is 25.5 Å². The lowest BCUT2D eigenvalue weighted by Crippen LogP contribution is -2.36. The summed E-state index contributed by atoms with van der Waals surface area (Å²) >= 11 is 0. The molecule has 1 saturated heterocycles. The van der Waals surface area contributed by atoms with Crippen LogP contribution < -0.4 is 10.6 Å². The average molecular weight is 314 g/mol. The van der Waals surface area contributed by atoms with Crippen LogP contribution >= 0.6 is 0 Å². The van der Waals surface area contributed by atoms with Crippen molar-refractivity contribution in [1.29, 1.82) is 0 Å². The second-order valence-electron chi connectivity index (χ2n) is 6.04. The summed E-state index contributed by atoms with van der Waals surface area (Å²) < 4.78 is 14.1. The topological polar surface area (TPSA) is 55.0 Å². The predicted octanol–water partition coefficient (Wildman–Crippen LogP) is 3.02. The fraction of sp³-hybridized carbons (Fsp3) is 0.444. The molecule has 1 aromatic heterocycles. The Balaban J connectivity index is 1.93. The number of halogens is 1. The monoisotopic (exact) mass is 314 g/mol. The van der Waals surface area contributed by atoms with Gasteiger partial charge in [0.05, 0.1) is 5.56 Å². The highest BCUT2D eigenvalue weighted by Gasteiger charge is 2.20. The van der Waals surface area contributed by atoms with Gasteiger partial charge in [0.15, 0.2) is 5.82 Å². The fourth-order valence-corrected chi connectivity index (χ4v) is 2.99. The van der Waals surface area contributed by atoms with Crippen molar-refractivity contribution < 1.29 is 4.39 Å². The Morgan fingerprint density at radius 2 is 1.96 bits per heavy atom. The number of nitrogens with zero attached hydrogens (tertiary/aromatic N) is 3. The Kier molecular flexibility index (Phi) is 4.86. The zero-order valence-corrected chi connectivity index (χ0v) is 13.5. The molecule has 0 amide bonds. The van der Waals surface area contributed by atoms with Crippen molar-refractivity contribution in [2.75, 3.05) is 24.5 Å². The molecule has 2 N–H and O–H groups in total. The summed E-state index contributed by atoms with van der Waals surface area (Å²) in [5.41, 5.74) is 7.16. The van der Waals surface area contributed by atoms with E-state index in [1.54, 1.807) is 12.1 Å². The van der Waals surface area contributed by atoms with Crippen molar-refractivity contribution in [1.82, 2.24) is 9.97 Å². The first-order valence-corrected chi connectivity index (χ1v) is 8.29. The summed E-state index contributed by atoms with van der Waals surface area (Å²) in [5.74, 6) is 1.68. The van der Waals surface area contributed by atoms with Gasteiger partial charge in [-0.2, -0.15) is 0 Å². The third kappa shape index (κ3) is 3.50. The standard InChI is InChI=1S/C18H23FN4/c1-2-14-11-17(23-9-7-13(12-20)8-10-23)22-18(21-14)15-5-3-4-6-16(15)19/h3-6,11,13H,2,7-10,12,20H2,1H3. The van der Waals surface area contributed by atoms with E-state index in [-0.39, 0.29) is 5.82 Å². The number of rotatable bonds is 4. The molecule has 122 valence electrons. The van der Waals surface area contributed by atoms with Crippen molar-refractivity contribution in [3.8, 4) is 11.4 Å². The largest absolute Gasteiger partial charge is 0.356 e. The van der Waals surface area contributed by atoms with Gasteiger partial charge in [0.25, 0.3) is 0 Å². The lowest BCUT2D eigenvalue weighted by atomic mass is 9.97. The molecule has 1 aliphatic heterocycles. The first kappa shape index (κ1) is 15.9. The van der Waals surface area contributed by atoms with E-state index in [1.807, 2.05) is 12.1 Å². The molecule has 2 aromatic rings. The van der Waals surface area contributed by atoms with Gasteiger partial charge in [-0.05, 0) is 43.9 Å². The zero-order valence-electron chi connectivity index (χ0n) is 13.5. The molecule has 0 aliphatic carbocycles. The molecule has 0 saturated carbocycles. The van der Waals surface area contributed by atoms with Crippen LogP contribution in [-0.4, -0.2) is 29.6 Å². The first-order valence-electron chi connectivity index (χ1n) is 8.29. The van der Waals surface area contributed by atoms with Crippen molar-refractivity contribution in [3.05, 3.63) is 41.8 Å². The number of nitrogens with two attached hydrogens (primary N) is 1. The second kappa shape index (κ2) is 7.04. The normalized spacial score (nSPS) is 15.9. The molecule has 0 bridgehead atoms. The quantitative estimate of drug-likeness (QED) is 0.942. The molecule has 0 atom stereocenters. The fourth-order valence-electron chi connectivity index (χ4n) is 2.99. The molecule has 2 heterocycles. The summed E-state index contributed by atoms with van der Waals surface area (Å²) in [4.78, 5) is 11.4. The van der Waals surface area contributed by atoms with Crippen LogP contribution in [0.2, 0.25) is 0 Å². The summed E-state index contributed by atoms with van der Waals surface area (Å²) in [6.45, 7) is 4.69. The van der Waals surface area contributed by atoms with E-state index in [2.05, 4.69) is 21.8 Å². The van der Waals surface area contributed by atoms with E-state index in [0.29, 0.717) is 17.3 Å². The van der Waals surface area contributed by atoms with E-state index in [1.165, 1.54) is 6.07 Å². The lowest BCUT2D eigenvalue weighted by molar-refractivity contribution is 0.413. The van der Waals surface area contributed by atoms with E-state index in [0.717, 1.165) is 50.4 Å². The summed E-state index contributed by atoms with van der Waals surface area (Å²) in [7, 11) is 0. The van der Waals surface area contributed by atoms with Crippen LogP contribution in [0.4, 0.5) is 10.2 Å². The number of hydrogen-bond donors (Lipinski definition) is 1. The van der Waals surface area contributed by atoms with Gasteiger partial charge in [-0.3, -0.25) is 0 Å². The van der Waals surface area contributed by atoms with Gasteiger partial charge >= 0.3 is 0 Å². The Morgan fingerprint density at radius 1 is 1.22 bits per heavy atom. The Labute approximate surface area is 136 Å². The number of piperidine rings is 1. The van der Waals surface area contributed by atoms with Crippen molar-refractivity contribution in [2.45, 2.75) is 26.2 Å². The summed E-state index contributed by atoms with van der Waals surface area (Å²) in [6, 6.07) is 8.69. The summed E-state index contributed by atoms with van der Waals surface area (Å²) in [5, 5.41) is 0. The molecule has 1 aromatic carbocycles. The first-order chi connectivity index (χ1) is 11.2. The van der Waals surface area contributed by atoms with Crippen molar-refractivity contribution in [3.63, 3.8) is 0 Å². The Morgan fingerprint density at radius 3 is 2.61 bits per heavy atom. The molecule has 1 fully saturated rings. The molecule has 5 heteroatoms. The molecule has 1 aliphatic rings. The lowest BCUT2D eigenvalue weighted by Gasteiger charge is -2.32. The second-order valence-corrected chi connectivity index (χ2v) is 6.04. The molecule has 0 unspecified atom stereocenters. The van der Waals surface area contributed by atoms with E-state index >= 15 is 0 Å². The number of anilines is 1.